The molecule has 1 N–H and O–H groups in total. The van der Waals surface area contributed by atoms with E-state index in [9.17, 15) is 13.2 Å². The SMILES string of the molecule is Cc1c(S(=O)(=O)N2CCCCC2CN2CCN(C(=O)O)CC2)cnn1C. The van der Waals surface area contributed by atoms with Crippen molar-refractivity contribution in [3.63, 3.8) is 0 Å². The van der Waals surface area contributed by atoms with E-state index in [1.165, 1.54) is 11.1 Å². The minimum absolute atomic E-state index is 0.0789. The van der Waals surface area contributed by atoms with Crippen molar-refractivity contribution in [1.29, 1.82) is 0 Å². The van der Waals surface area contributed by atoms with Gasteiger partial charge in [-0.1, -0.05) is 6.42 Å². The van der Waals surface area contributed by atoms with Crippen molar-refractivity contribution < 1.29 is 18.3 Å². The Hall–Kier alpha value is -1.65. The first-order valence-electron chi connectivity index (χ1n) is 9.01. The van der Waals surface area contributed by atoms with Gasteiger partial charge in [0.2, 0.25) is 10.0 Å². The third-order valence-corrected chi connectivity index (χ3v) is 7.52. The Morgan fingerprint density at radius 1 is 1.23 bits per heavy atom. The fourth-order valence-corrected chi connectivity index (χ4v) is 5.62. The van der Waals surface area contributed by atoms with Crippen LogP contribution in [-0.2, 0) is 17.1 Å². The van der Waals surface area contributed by atoms with Crippen molar-refractivity contribution in [2.75, 3.05) is 39.3 Å². The molecule has 0 aromatic carbocycles. The molecule has 1 aromatic heterocycles. The van der Waals surface area contributed by atoms with E-state index in [1.807, 2.05) is 0 Å². The Morgan fingerprint density at radius 2 is 1.92 bits per heavy atom. The standard InChI is InChI=1S/C16H27N5O4S/c1-13-15(11-17-18(13)2)26(24,25)21-6-4-3-5-14(21)12-19-7-9-20(10-8-19)16(22)23/h11,14H,3-10,12H2,1-2H3,(H,22,23). The summed E-state index contributed by atoms with van der Waals surface area (Å²) < 4.78 is 29.6. The zero-order chi connectivity index (χ0) is 18.9. The molecule has 3 rings (SSSR count). The van der Waals surface area contributed by atoms with Crippen LogP contribution in [0.15, 0.2) is 11.1 Å². The summed E-state index contributed by atoms with van der Waals surface area (Å²) in [6.07, 6.45) is 3.25. The van der Waals surface area contributed by atoms with E-state index in [4.69, 9.17) is 5.11 Å². The second kappa shape index (κ2) is 7.53. The molecule has 0 radical (unpaired) electrons. The second-order valence-corrected chi connectivity index (χ2v) is 8.91. The summed E-state index contributed by atoms with van der Waals surface area (Å²) >= 11 is 0. The van der Waals surface area contributed by atoms with Crippen LogP contribution >= 0.6 is 0 Å². The van der Waals surface area contributed by atoms with E-state index in [0.29, 0.717) is 45.0 Å². The van der Waals surface area contributed by atoms with Gasteiger partial charge in [-0.2, -0.15) is 9.40 Å². The van der Waals surface area contributed by atoms with E-state index >= 15 is 0 Å². The van der Waals surface area contributed by atoms with Gasteiger partial charge in [0, 0.05) is 52.4 Å². The van der Waals surface area contributed by atoms with Crippen LogP contribution < -0.4 is 0 Å². The van der Waals surface area contributed by atoms with E-state index in [-0.39, 0.29) is 10.9 Å². The number of sulfonamides is 1. The first-order chi connectivity index (χ1) is 12.3. The van der Waals surface area contributed by atoms with Crippen LogP contribution in [0.4, 0.5) is 4.79 Å². The summed E-state index contributed by atoms with van der Waals surface area (Å²) in [7, 11) is -1.84. The lowest BCUT2D eigenvalue weighted by molar-refractivity contribution is 0.0902. The Morgan fingerprint density at radius 3 is 2.50 bits per heavy atom. The van der Waals surface area contributed by atoms with Gasteiger partial charge in [-0.25, -0.2) is 13.2 Å². The van der Waals surface area contributed by atoms with Crippen molar-refractivity contribution in [1.82, 2.24) is 23.9 Å². The molecule has 146 valence electrons. The molecule has 1 atom stereocenters. The lowest BCUT2D eigenvalue weighted by Crippen LogP contribution is -2.54. The summed E-state index contributed by atoms with van der Waals surface area (Å²) in [5.74, 6) is 0. The molecular formula is C16H27N5O4S. The van der Waals surface area contributed by atoms with Crippen LogP contribution in [0.25, 0.3) is 0 Å². The van der Waals surface area contributed by atoms with Gasteiger partial charge in [0.15, 0.2) is 0 Å². The molecule has 2 fully saturated rings. The third kappa shape index (κ3) is 3.72. The number of carbonyl (C=O) groups is 1. The number of amides is 1. The van der Waals surface area contributed by atoms with Gasteiger partial charge in [0.05, 0.1) is 11.9 Å². The fraction of sp³-hybridized carbons (Fsp3) is 0.750. The monoisotopic (exact) mass is 385 g/mol. The third-order valence-electron chi connectivity index (χ3n) is 5.46. The highest BCUT2D eigenvalue weighted by atomic mass is 32.2. The molecule has 0 aliphatic carbocycles. The predicted molar refractivity (Wildman–Crippen MR) is 95.5 cm³/mol. The summed E-state index contributed by atoms with van der Waals surface area (Å²) in [5, 5.41) is 13.1. The molecule has 2 saturated heterocycles. The van der Waals surface area contributed by atoms with Crippen LogP contribution in [0.2, 0.25) is 0 Å². The quantitative estimate of drug-likeness (QED) is 0.813. The van der Waals surface area contributed by atoms with Gasteiger partial charge >= 0.3 is 6.09 Å². The molecule has 0 spiro atoms. The molecule has 1 aromatic rings. The first kappa shape index (κ1) is 19.1. The van der Waals surface area contributed by atoms with Gasteiger partial charge in [-0.3, -0.25) is 9.58 Å². The molecule has 1 unspecified atom stereocenters. The van der Waals surface area contributed by atoms with Crippen molar-refractivity contribution in [3.05, 3.63) is 11.9 Å². The minimum atomic E-state index is -3.58. The average Bonchev–Trinajstić information content (AvgIpc) is 2.95. The molecule has 10 heteroatoms. The molecule has 9 nitrogen and oxygen atoms in total. The number of piperidine rings is 1. The Balaban J connectivity index is 1.72. The van der Waals surface area contributed by atoms with Gasteiger partial charge < -0.3 is 10.0 Å². The van der Waals surface area contributed by atoms with Crippen LogP contribution in [0.1, 0.15) is 25.0 Å². The highest BCUT2D eigenvalue weighted by molar-refractivity contribution is 7.89. The van der Waals surface area contributed by atoms with Crippen LogP contribution in [0.5, 0.6) is 0 Å². The molecule has 1 amide bonds. The first-order valence-corrected chi connectivity index (χ1v) is 10.5. The number of piperazine rings is 1. The normalized spacial score (nSPS) is 23.3. The molecule has 3 heterocycles. The Labute approximate surface area is 154 Å². The Bertz CT molecular complexity index is 755. The highest BCUT2D eigenvalue weighted by Gasteiger charge is 2.36. The van der Waals surface area contributed by atoms with E-state index < -0.39 is 16.1 Å². The van der Waals surface area contributed by atoms with E-state index in [2.05, 4.69) is 10.00 Å². The number of aromatic nitrogens is 2. The summed E-state index contributed by atoms with van der Waals surface area (Å²) in [6.45, 7) is 5.16. The van der Waals surface area contributed by atoms with Gasteiger partial charge in [0.1, 0.15) is 4.90 Å². The molecular weight excluding hydrogens is 358 g/mol. The minimum Gasteiger partial charge on any atom is -0.465 e. The van der Waals surface area contributed by atoms with Gasteiger partial charge in [0.25, 0.3) is 0 Å². The summed E-state index contributed by atoms with van der Waals surface area (Å²) in [5.41, 5.74) is 0.643. The Kier molecular flexibility index (Phi) is 5.54. The zero-order valence-electron chi connectivity index (χ0n) is 15.3. The fourth-order valence-electron chi connectivity index (χ4n) is 3.75. The lowest BCUT2D eigenvalue weighted by atomic mass is 10.0. The zero-order valence-corrected chi connectivity index (χ0v) is 16.2. The average molecular weight is 385 g/mol. The number of hydrogen-bond acceptors (Lipinski definition) is 5. The van der Waals surface area contributed by atoms with Crippen LogP contribution in [-0.4, -0.2) is 88.8 Å². The lowest BCUT2D eigenvalue weighted by Gasteiger charge is -2.40. The molecule has 2 aliphatic rings. The van der Waals surface area contributed by atoms with Crippen molar-refractivity contribution in [2.45, 2.75) is 37.1 Å². The summed E-state index contributed by atoms with van der Waals surface area (Å²) in [6, 6.07) is -0.0789. The maximum atomic E-state index is 13.2. The highest BCUT2D eigenvalue weighted by Crippen LogP contribution is 2.27. The predicted octanol–water partition coefficient (Wildman–Crippen LogP) is 0.567. The largest absolute Gasteiger partial charge is 0.465 e. The number of aryl methyl sites for hydroxylation is 1. The van der Waals surface area contributed by atoms with E-state index in [1.54, 1.807) is 23.0 Å². The smallest absolute Gasteiger partial charge is 0.407 e. The van der Waals surface area contributed by atoms with Crippen LogP contribution in [0.3, 0.4) is 0 Å². The van der Waals surface area contributed by atoms with Crippen molar-refractivity contribution in [3.8, 4) is 0 Å². The second-order valence-electron chi connectivity index (χ2n) is 7.05. The maximum absolute atomic E-state index is 13.2. The molecule has 2 aliphatic heterocycles. The van der Waals surface area contributed by atoms with Crippen LogP contribution in [0, 0.1) is 6.92 Å². The molecule has 26 heavy (non-hydrogen) atoms. The number of rotatable bonds is 4. The summed E-state index contributed by atoms with van der Waals surface area (Å²) in [4.78, 5) is 14.9. The topological polar surface area (TPSA) is 99.0 Å². The maximum Gasteiger partial charge on any atom is 0.407 e. The van der Waals surface area contributed by atoms with Gasteiger partial charge in [-0.05, 0) is 19.8 Å². The van der Waals surface area contributed by atoms with Crippen molar-refractivity contribution >= 4 is 16.1 Å². The van der Waals surface area contributed by atoms with Crippen molar-refractivity contribution in [2.24, 2.45) is 7.05 Å². The molecule has 0 bridgehead atoms. The number of hydrogen-bond donors (Lipinski definition) is 1. The van der Waals surface area contributed by atoms with Gasteiger partial charge in [-0.15, -0.1) is 0 Å². The molecule has 0 saturated carbocycles. The number of carboxylic acid groups (broad SMARTS) is 1. The number of nitrogens with zero attached hydrogens (tertiary/aromatic N) is 5. The van der Waals surface area contributed by atoms with E-state index in [0.717, 1.165) is 19.3 Å².